The van der Waals surface area contributed by atoms with E-state index >= 15 is 0 Å². The molecule has 0 atom stereocenters. The lowest BCUT2D eigenvalue weighted by molar-refractivity contribution is -0.134. The number of rotatable bonds is 5. The average molecular weight is 269 g/mol. The number of carbonyl (C=O) groups is 1. The molecule has 0 saturated carbocycles. The van der Waals surface area contributed by atoms with E-state index in [0.29, 0.717) is 17.2 Å². The maximum atomic E-state index is 10.5. The maximum absolute atomic E-state index is 10.5. The Balaban J connectivity index is 2.07. The fourth-order valence-corrected chi connectivity index (χ4v) is 1.46. The summed E-state index contributed by atoms with van der Waals surface area (Å²) in [5.74, 6) is -0.0265. The summed E-state index contributed by atoms with van der Waals surface area (Å²) in [7, 11) is 0. The zero-order valence-electron chi connectivity index (χ0n) is 10.4. The lowest BCUT2D eigenvalue weighted by Crippen LogP contribution is -2.13. The van der Waals surface area contributed by atoms with Gasteiger partial charge < -0.3 is 15.7 Å². The van der Waals surface area contributed by atoms with Crippen LogP contribution >= 0.6 is 0 Å². The number of nitrogens with one attached hydrogen (secondary N) is 2. The van der Waals surface area contributed by atoms with Crippen LogP contribution in [0.25, 0.3) is 0 Å². The van der Waals surface area contributed by atoms with Crippen molar-refractivity contribution in [3.63, 3.8) is 0 Å². The Morgan fingerprint density at radius 1 is 1.25 bits per heavy atom. The summed E-state index contributed by atoms with van der Waals surface area (Å²) in [5.41, 5.74) is 1.34. The Morgan fingerprint density at radius 3 is 2.60 bits per heavy atom. The number of aromatic nitrogens is 2. The fourth-order valence-electron chi connectivity index (χ4n) is 1.46. The monoisotopic (exact) mass is 269 g/mol. The van der Waals surface area contributed by atoms with Crippen molar-refractivity contribution < 1.29 is 9.90 Å². The van der Waals surface area contributed by atoms with Gasteiger partial charge in [0, 0.05) is 11.8 Å². The number of carboxylic acids is 1. The lowest BCUT2D eigenvalue weighted by atomic mass is 10.2. The minimum atomic E-state index is -0.967. The molecule has 0 saturated heterocycles. The highest BCUT2D eigenvalue weighted by molar-refractivity contribution is 5.72. The predicted octanol–water partition coefficient (Wildman–Crippen LogP) is 1.59. The summed E-state index contributed by atoms with van der Waals surface area (Å²) >= 11 is 0. The van der Waals surface area contributed by atoms with Gasteiger partial charge in [-0.3, -0.25) is 4.79 Å². The Bertz CT molecular complexity index is 649. The molecule has 2 aromatic rings. The Kier molecular flexibility index (Phi) is 4.09. The van der Waals surface area contributed by atoms with Gasteiger partial charge >= 0.3 is 5.97 Å². The lowest BCUT2D eigenvalue weighted by Gasteiger charge is -2.07. The molecule has 3 N–H and O–H groups in total. The van der Waals surface area contributed by atoms with E-state index < -0.39 is 5.97 Å². The molecule has 20 heavy (non-hydrogen) atoms. The molecule has 0 aliphatic heterocycles. The highest BCUT2D eigenvalue weighted by Gasteiger charge is 2.01. The summed E-state index contributed by atoms with van der Waals surface area (Å²) in [5, 5.41) is 23.0. The summed E-state index contributed by atoms with van der Waals surface area (Å²) in [6.45, 7) is -0.215. The van der Waals surface area contributed by atoms with E-state index in [1.165, 1.54) is 6.33 Å². The third kappa shape index (κ3) is 3.68. The van der Waals surface area contributed by atoms with Crippen molar-refractivity contribution in [1.82, 2.24) is 9.97 Å². The normalized spacial score (nSPS) is 9.55. The first-order valence-electron chi connectivity index (χ1n) is 5.72. The van der Waals surface area contributed by atoms with E-state index in [1.807, 2.05) is 6.07 Å². The minimum absolute atomic E-state index is 0.215. The molecule has 0 aliphatic rings. The van der Waals surface area contributed by atoms with Crippen molar-refractivity contribution in [2.45, 2.75) is 0 Å². The largest absolute Gasteiger partial charge is 0.480 e. The van der Waals surface area contributed by atoms with E-state index in [2.05, 4.69) is 20.6 Å². The average Bonchev–Trinajstić information content (AvgIpc) is 2.46. The van der Waals surface area contributed by atoms with E-state index in [-0.39, 0.29) is 6.54 Å². The number of hydrogen-bond donors (Lipinski definition) is 3. The first-order valence-corrected chi connectivity index (χ1v) is 5.72. The SMILES string of the molecule is N#Cc1ccc(Nc2cc(NCC(=O)O)ncn2)cc1. The van der Waals surface area contributed by atoms with Gasteiger partial charge in [0.15, 0.2) is 0 Å². The van der Waals surface area contributed by atoms with E-state index in [0.717, 1.165) is 5.69 Å². The number of anilines is 3. The second-order valence-corrected chi connectivity index (χ2v) is 3.85. The van der Waals surface area contributed by atoms with Gasteiger partial charge in [-0.2, -0.15) is 5.26 Å². The van der Waals surface area contributed by atoms with Crippen LogP contribution in [0.2, 0.25) is 0 Å². The van der Waals surface area contributed by atoms with E-state index in [4.69, 9.17) is 10.4 Å². The van der Waals surface area contributed by atoms with Crippen molar-refractivity contribution in [1.29, 1.82) is 5.26 Å². The molecule has 7 nitrogen and oxygen atoms in total. The van der Waals surface area contributed by atoms with Gasteiger partial charge in [0.1, 0.15) is 24.5 Å². The number of nitriles is 1. The molecule has 1 aromatic heterocycles. The summed E-state index contributed by atoms with van der Waals surface area (Å²) in [6, 6.07) is 10.5. The van der Waals surface area contributed by atoms with Crippen molar-refractivity contribution in [3.05, 3.63) is 42.2 Å². The highest BCUT2D eigenvalue weighted by Crippen LogP contribution is 2.16. The van der Waals surface area contributed by atoms with Crippen LogP contribution in [-0.2, 0) is 4.79 Å². The van der Waals surface area contributed by atoms with Crippen LogP contribution in [0.5, 0.6) is 0 Å². The molecular formula is C13H11N5O2. The van der Waals surface area contributed by atoms with Gasteiger partial charge in [-0.1, -0.05) is 0 Å². The second kappa shape index (κ2) is 6.15. The molecule has 7 heteroatoms. The maximum Gasteiger partial charge on any atom is 0.322 e. The molecule has 2 rings (SSSR count). The van der Waals surface area contributed by atoms with Crippen LogP contribution < -0.4 is 10.6 Å². The number of aliphatic carboxylic acids is 1. The first-order chi connectivity index (χ1) is 9.67. The molecular weight excluding hydrogens is 258 g/mol. The van der Waals surface area contributed by atoms with Crippen LogP contribution in [0.1, 0.15) is 5.56 Å². The van der Waals surface area contributed by atoms with Gasteiger partial charge in [-0.15, -0.1) is 0 Å². The third-order valence-corrected chi connectivity index (χ3v) is 2.37. The Hall–Kier alpha value is -3.14. The second-order valence-electron chi connectivity index (χ2n) is 3.85. The van der Waals surface area contributed by atoms with Gasteiger partial charge in [-0.25, -0.2) is 9.97 Å². The van der Waals surface area contributed by atoms with Crippen LogP contribution in [0, 0.1) is 11.3 Å². The van der Waals surface area contributed by atoms with Crippen LogP contribution in [-0.4, -0.2) is 27.6 Å². The molecule has 1 heterocycles. The van der Waals surface area contributed by atoms with Crippen LogP contribution in [0.15, 0.2) is 36.7 Å². The number of hydrogen-bond acceptors (Lipinski definition) is 6. The molecule has 0 amide bonds. The van der Waals surface area contributed by atoms with Gasteiger partial charge in [0.25, 0.3) is 0 Å². The molecule has 0 bridgehead atoms. The molecule has 0 unspecified atom stereocenters. The summed E-state index contributed by atoms with van der Waals surface area (Å²) in [4.78, 5) is 18.4. The topological polar surface area (TPSA) is 111 Å². The quantitative estimate of drug-likeness (QED) is 0.755. The van der Waals surface area contributed by atoms with E-state index in [1.54, 1.807) is 30.3 Å². The molecule has 0 radical (unpaired) electrons. The van der Waals surface area contributed by atoms with Gasteiger partial charge in [0.2, 0.25) is 0 Å². The zero-order chi connectivity index (χ0) is 14.4. The fraction of sp³-hybridized carbons (Fsp3) is 0.0769. The highest BCUT2D eigenvalue weighted by atomic mass is 16.4. The molecule has 0 aliphatic carbocycles. The van der Waals surface area contributed by atoms with Crippen LogP contribution in [0.4, 0.5) is 17.3 Å². The van der Waals surface area contributed by atoms with Gasteiger partial charge in [-0.05, 0) is 24.3 Å². The summed E-state index contributed by atoms with van der Waals surface area (Å²) in [6.07, 6.45) is 1.33. The van der Waals surface area contributed by atoms with Gasteiger partial charge in [0.05, 0.1) is 11.6 Å². The molecule has 100 valence electrons. The van der Waals surface area contributed by atoms with Crippen molar-refractivity contribution in [3.8, 4) is 6.07 Å². The predicted molar refractivity (Wildman–Crippen MR) is 72.6 cm³/mol. The molecule has 0 fully saturated rings. The smallest absolute Gasteiger partial charge is 0.322 e. The van der Waals surface area contributed by atoms with Crippen LogP contribution in [0.3, 0.4) is 0 Å². The van der Waals surface area contributed by atoms with E-state index in [9.17, 15) is 4.79 Å². The van der Waals surface area contributed by atoms with Crippen molar-refractivity contribution in [2.24, 2.45) is 0 Å². The third-order valence-electron chi connectivity index (χ3n) is 2.37. The first kappa shape index (κ1) is 13.3. The standard InChI is InChI=1S/C13H11N5O2/c14-6-9-1-3-10(4-2-9)18-12-5-11(16-8-17-12)15-7-13(19)20/h1-5,8H,7H2,(H,19,20)(H2,15,16,17,18). The Labute approximate surface area is 114 Å². The number of carboxylic acid groups (broad SMARTS) is 1. The zero-order valence-corrected chi connectivity index (χ0v) is 10.4. The Morgan fingerprint density at radius 2 is 1.95 bits per heavy atom. The van der Waals surface area contributed by atoms with Crippen molar-refractivity contribution >= 4 is 23.3 Å². The number of nitrogens with zero attached hydrogens (tertiary/aromatic N) is 3. The van der Waals surface area contributed by atoms with Crippen molar-refractivity contribution in [2.75, 3.05) is 17.2 Å². The summed E-state index contributed by atoms with van der Waals surface area (Å²) < 4.78 is 0. The number of benzene rings is 1. The minimum Gasteiger partial charge on any atom is -0.480 e. The molecule has 1 aromatic carbocycles. The molecule has 0 spiro atoms.